The van der Waals surface area contributed by atoms with E-state index in [-0.39, 0.29) is 11.7 Å². The van der Waals surface area contributed by atoms with Crippen LogP contribution in [0, 0.1) is 12.7 Å². The lowest BCUT2D eigenvalue weighted by molar-refractivity contribution is 0.102. The molecule has 3 nitrogen and oxygen atoms in total. The fraction of sp³-hybridized carbons (Fsp3) is 0.0333. The lowest BCUT2D eigenvalue weighted by Gasteiger charge is -2.14. The summed E-state index contributed by atoms with van der Waals surface area (Å²) in [6, 6.07) is 35.7. The Kier molecular flexibility index (Phi) is 5.79. The second kappa shape index (κ2) is 9.20. The molecule has 0 fully saturated rings. The van der Waals surface area contributed by atoms with Gasteiger partial charge in [0.1, 0.15) is 5.82 Å². The number of para-hydroxylation sites is 1. The summed E-state index contributed by atoms with van der Waals surface area (Å²) in [6.07, 6.45) is 0. The first-order chi connectivity index (χ1) is 16.6. The van der Waals surface area contributed by atoms with Gasteiger partial charge in [-0.25, -0.2) is 4.39 Å². The Balaban J connectivity index is 1.82. The highest BCUT2D eigenvalue weighted by atomic mass is 19.1. The van der Waals surface area contributed by atoms with Crippen LogP contribution in [0.2, 0.25) is 0 Å². The van der Waals surface area contributed by atoms with Gasteiger partial charge in [-0.3, -0.25) is 4.79 Å². The molecular formula is C30H23FN2O. The van der Waals surface area contributed by atoms with Crippen LogP contribution >= 0.6 is 0 Å². The third-order valence-corrected chi connectivity index (χ3v) is 5.86. The van der Waals surface area contributed by atoms with E-state index in [0.29, 0.717) is 5.56 Å². The third-order valence-electron chi connectivity index (χ3n) is 5.86. The first-order valence-electron chi connectivity index (χ1n) is 11.1. The van der Waals surface area contributed by atoms with Crippen molar-refractivity contribution in [2.24, 2.45) is 0 Å². The minimum atomic E-state index is -0.305. The van der Waals surface area contributed by atoms with Gasteiger partial charge in [0.15, 0.2) is 0 Å². The summed E-state index contributed by atoms with van der Waals surface area (Å²) < 4.78 is 15.8. The number of nitrogens with zero attached hydrogens (tertiary/aromatic N) is 1. The van der Waals surface area contributed by atoms with Crippen molar-refractivity contribution in [1.29, 1.82) is 0 Å². The average Bonchev–Trinajstić information content (AvgIpc) is 3.19. The van der Waals surface area contributed by atoms with Crippen molar-refractivity contribution in [2.45, 2.75) is 6.92 Å². The Morgan fingerprint density at radius 1 is 0.706 bits per heavy atom. The molecule has 0 spiro atoms. The molecule has 5 aromatic rings. The Hall–Kier alpha value is -4.44. The van der Waals surface area contributed by atoms with E-state index < -0.39 is 0 Å². The van der Waals surface area contributed by atoms with Gasteiger partial charge in [-0.05, 0) is 54.4 Å². The maximum absolute atomic E-state index is 13.8. The Labute approximate surface area is 198 Å². The van der Waals surface area contributed by atoms with Gasteiger partial charge in [-0.1, -0.05) is 78.9 Å². The molecule has 0 aliphatic carbocycles. The van der Waals surface area contributed by atoms with E-state index in [1.165, 1.54) is 12.1 Å². The molecular weight excluding hydrogens is 423 g/mol. The molecule has 0 atom stereocenters. The molecule has 1 amide bonds. The molecule has 4 heteroatoms. The number of aromatic nitrogens is 1. The van der Waals surface area contributed by atoms with Crippen LogP contribution in [0.15, 0.2) is 115 Å². The summed E-state index contributed by atoms with van der Waals surface area (Å²) >= 11 is 0. The van der Waals surface area contributed by atoms with Crippen LogP contribution in [0.1, 0.15) is 16.1 Å². The first kappa shape index (κ1) is 21.4. The average molecular weight is 447 g/mol. The topological polar surface area (TPSA) is 34.0 Å². The summed E-state index contributed by atoms with van der Waals surface area (Å²) in [6.45, 7) is 1.93. The molecule has 0 aliphatic rings. The van der Waals surface area contributed by atoms with Crippen LogP contribution in [0.5, 0.6) is 0 Å². The van der Waals surface area contributed by atoms with E-state index in [1.807, 2.05) is 102 Å². The number of carbonyl (C=O) groups is 1. The minimum Gasteiger partial charge on any atom is -0.322 e. The Morgan fingerprint density at radius 3 is 1.82 bits per heavy atom. The predicted molar refractivity (Wildman–Crippen MR) is 136 cm³/mol. The van der Waals surface area contributed by atoms with E-state index in [2.05, 4.69) is 5.32 Å². The number of hydrogen-bond donors (Lipinski definition) is 1. The quantitative estimate of drug-likeness (QED) is 0.298. The van der Waals surface area contributed by atoms with Gasteiger partial charge >= 0.3 is 0 Å². The van der Waals surface area contributed by atoms with E-state index in [4.69, 9.17) is 0 Å². The van der Waals surface area contributed by atoms with Crippen LogP contribution in [0.25, 0.3) is 28.1 Å². The molecule has 0 unspecified atom stereocenters. The zero-order valence-electron chi connectivity index (χ0n) is 18.7. The van der Waals surface area contributed by atoms with Crippen molar-refractivity contribution in [3.05, 3.63) is 132 Å². The highest BCUT2D eigenvalue weighted by molar-refractivity contribution is 6.12. The molecule has 4 aromatic carbocycles. The highest BCUT2D eigenvalue weighted by Gasteiger charge is 2.27. The zero-order chi connectivity index (χ0) is 23.5. The Morgan fingerprint density at radius 2 is 1.24 bits per heavy atom. The van der Waals surface area contributed by atoms with Crippen molar-refractivity contribution >= 4 is 11.6 Å². The molecule has 1 aromatic heterocycles. The summed E-state index contributed by atoms with van der Waals surface area (Å²) in [7, 11) is 0. The van der Waals surface area contributed by atoms with Crippen LogP contribution in [0.3, 0.4) is 0 Å². The molecule has 0 saturated carbocycles. The van der Waals surface area contributed by atoms with E-state index in [1.54, 1.807) is 12.1 Å². The Bertz CT molecular complexity index is 1420. The molecule has 0 saturated heterocycles. The monoisotopic (exact) mass is 446 g/mol. The number of halogens is 1. The lowest BCUT2D eigenvalue weighted by Crippen LogP contribution is -2.14. The normalized spacial score (nSPS) is 10.8. The fourth-order valence-corrected chi connectivity index (χ4v) is 4.35. The van der Waals surface area contributed by atoms with Gasteiger partial charge in [0.2, 0.25) is 0 Å². The maximum atomic E-state index is 13.8. The number of anilines is 1. The van der Waals surface area contributed by atoms with E-state index in [0.717, 1.165) is 39.5 Å². The maximum Gasteiger partial charge on any atom is 0.258 e. The van der Waals surface area contributed by atoms with Crippen LogP contribution in [-0.4, -0.2) is 10.5 Å². The van der Waals surface area contributed by atoms with Crippen molar-refractivity contribution in [3.63, 3.8) is 0 Å². The molecule has 5 rings (SSSR count). The minimum absolute atomic E-state index is 0.194. The number of amides is 1. The van der Waals surface area contributed by atoms with E-state index in [9.17, 15) is 9.18 Å². The van der Waals surface area contributed by atoms with Crippen molar-refractivity contribution in [2.75, 3.05) is 5.32 Å². The van der Waals surface area contributed by atoms with Crippen molar-refractivity contribution < 1.29 is 9.18 Å². The first-order valence-corrected chi connectivity index (χ1v) is 11.1. The van der Waals surface area contributed by atoms with Gasteiger partial charge in [-0.2, -0.15) is 0 Å². The molecule has 0 radical (unpaired) electrons. The van der Waals surface area contributed by atoms with Gasteiger partial charge in [-0.15, -0.1) is 0 Å². The number of carbonyl (C=O) groups excluding carboxylic acids is 1. The second-order valence-corrected chi connectivity index (χ2v) is 8.05. The molecule has 34 heavy (non-hydrogen) atoms. The standard InChI is InChI=1S/C30H23FN2O/c1-21-27(30(34)32-25-15-9-4-10-16-25)28(22-11-5-2-6-12-22)29(23-13-7-3-8-14-23)33(21)26-19-17-24(31)18-20-26/h2-20H,1H3,(H,32,34). The zero-order valence-corrected chi connectivity index (χ0v) is 18.7. The molecule has 0 bridgehead atoms. The SMILES string of the molecule is Cc1c(C(=O)Nc2ccccc2)c(-c2ccccc2)c(-c2ccccc2)n1-c1ccc(F)cc1. The van der Waals surface area contributed by atoms with Crippen molar-refractivity contribution in [3.8, 4) is 28.1 Å². The summed E-state index contributed by atoms with van der Waals surface area (Å²) in [5, 5.41) is 3.05. The van der Waals surface area contributed by atoms with Gasteiger partial charge in [0.25, 0.3) is 5.91 Å². The largest absolute Gasteiger partial charge is 0.322 e. The number of benzene rings is 4. The van der Waals surface area contributed by atoms with Crippen LogP contribution in [0.4, 0.5) is 10.1 Å². The predicted octanol–water partition coefficient (Wildman–Crippen LogP) is 7.51. The molecule has 1 N–H and O–H groups in total. The van der Waals surface area contributed by atoms with Crippen LogP contribution in [-0.2, 0) is 0 Å². The number of hydrogen-bond acceptors (Lipinski definition) is 1. The molecule has 166 valence electrons. The number of rotatable bonds is 5. The summed E-state index contributed by atoms with van der Waals surface area (Å²) in [5.41, 5.74) is 6.48. The highest BCUT2D eigenvalue weighted by Crippen LogP contribution is 2.41. The summed E-state index contributed by atoms with van der Waals surface area (Å²) in [5.74, 6) is -0.499. The lowest BCUT2D eigenvalue weighted by atomic mass is 9.96. The summed E-state index contributed by atoms with van der Waals surface area (Å²) in [4.78, 5) is 13.7. The molecule has 1 heterocycles. The smallest absolute Gasteiger partial charge is 0.258 e. The van der Waals surface area contributed by atoms with Gasteiger partial charge in [0.05, 0.1) is 11.3 Å². The fourth-order valence-electron chi connectivity index (χ4n) is 4.35. The van der Waals surface area contributed by atoms with Crippen molar-refractivity contribution in [1.82, 2.24) is 4.57 Å². The molecule has 0 aliphatic heterocycles. The van der Waals surface area contributed by atoms with Gasteiger partial charge < -0.3 is 9.88 Å². The second-order valence-electron chi connectivity index (χ2n) is 8.05. The van der Waals surface area contributed by atoms with Crippen LogP contribution < -0.4 is 5.32 Å². The number of nitrogens with one attached hydrogen (secondary N) is 1. The van der Waals surface area contributed by atoms with Gasteiger partial charge in [0, 0.05) is 22.6 Å². The van der Waals surface area contributed by atoms with E-state index >= 15 is 0 Å². The third kappa shape index (κ3) is 4.02.